The van der Waals surface area contributed by atoms with Crippen molar-refractivity contribution in [1.82, 2.24) is 4.90 Å². The van der Waals surface area contributed by atoms with Crippen molar-refractivity contribution in [2.45, 2.75) is 25.6 Å². The van der Waals surface area contributed by atoms with Crippen molar-refractivity contribution in [1.29, 1.82) is 5.26 Å². The van der Waals surface area contributed by atoms with E-state index in [1.165, 1.54) is 9.80 Å². The number of rotatable bonds is 3. The van der Waals surface area contributed by atoms with E-state index in [-0.39, 0.29) is 11.8 Å². The summed E-state index contributed by atoms with van der Waals surface area (Å²) >= 11 is 0. The van der Waals surface area contributed by atoms with Crippen molar-refractivity contribution in [3.8, 4) is 6.07 Å². The second-order valence-electron chi connectivity index (χ2n) is 6.95. The van der Waals surface area contributed by atoms with E-state index in [4.69, 9.17) is 5.26 Å². The van der Waals surface area contributed by atoms with Gasteiger partial charge in [-0.3, -0.25) is 9.69 Å². The van der Waals surface area contributed by atoms with E-state index in [1.807, 2.05) is 0 Å². The van der Waals surface area contributed by atoms with E-state index in [2.05, 4.69) is 6.07 Å². The molecule has 1 atom stereocenters. The number of hydrogen-bond acceptors (Lipinski definition) is 3. The maximum absolute atomic E-state index is 13.2. The lowest BCUT2D eigenvalue weighted by Crippen LogP contribution is -2.48. The van der Waals surface area contributed by atoms with Gasteiger partial charge in [0.2, 0.25) is 0 Å². The third kappa shape index (κ3) is 2.76. The molecular weight excluding hydrogens is 357 g/mol. The molecule has 2 aromatic rings. The van der Waals surface area contributed by atoms with Crippen LogP contribution in [0.25, 0.3) is 0 Å². The van der Waals surface area contributed by atoms with Crippen LogP contribution in [0.5, 0.6) is 0 Å². The van der Waals surface area contributed by atoms with Gasteiger partial charge in [-0.25, -0.2) is 9.18 Å². The summed E-state index contributed by atoms with van der Waals surface area (Å²) in [5.41, 5.74) is 3.62. The van der Waals surface area contributed by atoms with E-state index in [1.54, 1.807) is 55.6 Å². The van der Waals surface area contributed by atoms with Crippen molar-refractivity contribution in [3.63, 3.8) is 0 Å². The Morgan fingerprint density at radius 2 is 1.89 bits per heavy atom. The number of alkyl halides is 1. The third-order valence-corrected chi connectivity index (χ3v) is 5.30. The molecule has 0 saturated carbocycles. The number of anilines is 1. The van der Waals surface area contributed by atoms with Crippen LogP contribution in [0.2, 0.25) is 0 Å². The number of nitrogens with zero attached hydrogens (tertiary/aromatic N) is 3. The number of allylic oxidation sites excluding steroid dienone is 1. The highest BCUT2D eigenvalue weighted by molar-refractivity contribution is 6.08. The zero-order valence-corrected chi connectivity index (χ0v) is 15.4. The van der Waals surface area contributed by atoms with Gasteiger partial charge in [-0.1, -0.05) is 24.3 Å². The van der Waals surface area contributed by atoms with Crippen molar-refractivity contribution < 1.29 is 14.0 Å². The minimum absolute atomic E-state index is 0.00959. The fraction of sp³-hybridized carbons (Fsp3) is 0.227. The van der Waals surface area contributed by atoms with Gasteiger partial charge < -0.3 is 4.90 Å². The first-order chi connectivity index (χ1) is 13.5. The Kier molecular flexibility index (Phi) is 4.44. The van der Waals surface area contributed by atoms with Gasteiger partial charge in [0.15, 0.2) is 5.78 Å². The fourth-order valence-electron chi connectivity index (χ4n) is 3.96. The summed E-state index contributed by atoms with van der Waals surface area (Å²) in [6.07, 6.45) is 0.818. The lowest BCUT2D eigenvalue weighted by Gasteiger charge is -2.40. The van der Waals surface area contributed by atoms with Crippen LogP contribution in [0.3, 0.4) is 0 Å². The molecule has 5 nitrogen and oxygen atoms in total. The highest BCUT2D eigenvalue weighted by Gasteiger charge is 2.44. The SMILES string of the molecule is CN1C(=O)N(c2cccc(CF)c2)C2=C(C(=O)CC2)[C@H]1c1ccc(C#N)cc1. The summed E-state index contributed by atoms with van der Waals surface area (Å²) < 4.78 is 13.1. The predicted molar refractivity (Wildman–Crippen MR) is 102 cm³/mol. The van der Waals surface area contributed by atoms with Crippen LogP contribution in [0.4, 0.5) is 14.9 Å². The average Bonchev–Trinajstić information content (AvgIpc) is 3.10. The first-order valence-electron chi connectivity index (χ1n) is 9.03. The number of amides is 2. The maximum atomic E-state index is 13.2. The van der Waals surface area contributed by atoms with Crippen LogP contribution < -0.4 is 4.90 Å². The molecule has 140 valence electrons. The minimum Gasteiger partial charge on any atom is -0.316 e. The van der Waals surface area contributed by atoms with Crippen LogP contribution in [-0.4, -0.2) is 23.8 Å². The summed E-state index contributed by atoms with van der Waals surface area (Å²) in [5.74, 6) is 0.00959. The third-order valence-electron chi connectivity index (χ3n) is 5.30. The van der Waals surface area contributed by atoms with Crippen molar-refractivity contribution in [2.24, 2.45) is 0 Å². The molecule has 0 fully saturated rings. The zero-order valence-electron chi connectivity index (χ0n) is 15.4. The zero-order chi connectivity index (χ0) is 19.8. The number of carbonyl (C=O) groups is 2. The van der Waals surface area contributed by atoms with Gasteiger partial charge in [-0.2, -0.15) is 5.26 Å². The summed E-state index contributed by atoms with van der Waals surface area (Å²) in [7, 11) is 1.66. The largest absolute Gasteiger partial charge is 0.329 e. The molecule has 1 aliphatic carbocycles. The first-order valence-corrected chi connectivity index (χ1v) is 9.03. The number of carbonyl (C=O) groups excluding carboxylic acids is 2. The Hall–Kier alpha value is -3.46. The lowest BCUT2D eigenvalue weighted by molar-refractivity contribution is -0.115. The molecule has 0 aromatic heterocycles. The molecular formula is C22H18FN3O2. The Morgan fingerprint density at radius 1 is 1.14 bits per heavy atom. The molecule has 0 N–H and O–H groups in total. The molecule has 0 unspecified atom stereocenters. The smallest absolute Gasteiger partial charge is 0.316 e. The van der Waals surface area contributed by atoms with Crippen LogP contribution in [0, 0.1) is 11.3 Å². The van der Waals surface area contributed by atoms with E-state index in [9.17, 15) is 14.0 Å². The molecule has 0 saturated heterocycles. The summed E-state index contributed by atoms with van der Waals surface area (Å²) in [6, 6.07) is 15.0. The van der Waals surface area contributed by atoms with E-state index in [0.29, 0.717) is 40.9 Å². The topological polar surface area (TPSA) is 64.4 Å². The Morgan fingerprint density at radius 3 is 2.57 bits per heavy atom. The van der Waals surface area contributed by atoms with Crippen LogP contribution >= 0.6 is 0 Å². The van der Waals surface area contributed by atoms with Gasteiger partial charge in [0, 0.05) is 24.7 Å². The van der Waals surface area contributed by atoms with Gasteiger partial charge in [0.1, 0.15) is 6.67 Å². The number of hydrogen-bond donors (Lipinski definition) is 0. The fourth-order valence-corrected chi connectivity index (χ4v) is 3.96. The first kappa shape index (κ1) is 17.9. The quantitative estimate of drug-likeness (QED) is 0.805. The second-order valence-corrected chi connectivity index (χ2v) is 6.95. The summed E-state index contributed by atoms with van der Waals surface area (Å²) in [6.45, 7) is -0.621. The molecule has 6 heteroatoms. The highest BCUT2D eigenvalue weighted by Crippen LogP contribution is 2.44. The summed E-state index contributed by atoms with van der Waals surface area (Å²) in [5, 5.41) is 9.02. The van der Waals surface area contributed by atoms with Crippen molar-refractivity contribution in [2.75, 3.05) is 11.9 Å². The van der Waals surface area contributed by atoms with Gasteiger partial charge >= 0.3 is 6.03 Å². The molecule has 2 aromatic carbocycles. The molecule has 2 amide bonds. The number of likely N-dealkylation sites (N-methyl/N-ethyl adjacent to an activating group) is 1. The molecule has 0 spiro atoms. The maximum Gasteiger partial charge on any atom is 0.329 e. The lowest BCUT2D eigenvalue weighted by atomic mass is 9.93. The van der Waals surface area contributed by atoms with Crippen LogP contribution in [-0.2, 0) is 11.5 Å². The summed E-state index contributed by atoms with van der Waals surface area (Å²) in [4.78, 5) is 29.0. The van der Waals surface area contributed by atoms with E-state index >= 15 is 0 Å². The van der Waals surface area contributed by atoms with Gasteiger partial charge in [0.05, 0.1) is 23.4 Å². The predicted octanol–water partition coefficient (Wildman–Crippen LogP) is 4.26. The van der Waals surface area contributed by atoms with Gasteiger partial charge in [-0.05, 0) is 41.8 Å². The molecule has 2 aliphatic rings. The van der Waals surface area contributed by atoms with Gasteiger partial charge in [0.25, 0.3) is 0 Å². The molecule has 28 heavy (non-hydrogen) atoms. The molecule has 0 bridgehead atoms. The Balaban J connectivity index is 1.85. The van der Waals surface area contributed by atoms with Crippen molar-refractivity contribution in [3.05, 3.63) is 76.5 Å². The van der Waals surface area contributed by atoms with E-state index < -0.39 is 12.7 Å². The molecule has 4 rings (SSSR count). The number of nitriles is 1. The molecule has 1 heterocycles. The van der Waals surface area contributed by atoms with E-state index in [0.717, 1.165) is 5.56 Å². The number of urea groups is 1. The minimum atomic E-state index is -0.621. The number of halogens is 1. The molecule has 1 aliphatic heterocycles. The Bertz CT molecular complexity index is 1040. The second kappa shape index (κ2) is 6.93. The van der Waals surface area contributed by atoms with Gasteiger partial charge in [-0.15, -0.1) is 0 Å². The van der Waals surface area contributed by atoms with Crippen LogP contribution in [0.15, 0.2) is 59.8 Å². The van der Waals surface area contributed by atoms with Crippen LogP contribution in [0.1, 0.15) is 35.6 Å². The molecule has 0 radical (unpaired) electrons. The van der Waals surface area contributed by atoms with Crippen molar-refractivity contribution >= 4 is 17.5 Å². The number of benzene rings is 2. The normalized spacial score (nSPS) is 19.1. The Labute approximate surface area is 162 Å². The highest BCUT2D eigenvalue weighted by atomic mass is 19.1. The monoisotopic (exact) mass is 375 g/mol. The number of ketones is 1. The standard InChI is InChI=1S/C22H18FN3O2/c1-25-21(16-7-5-14(13-24)6-8-16)20-18(9-10-19(20)27)26(22(25)28)17-4-2-3-15(11-17)12-23/h2-8,11,21H,9-10,12H2,1H3/t21-/m1/s1. The average molecular weight is 375 g/mol. The number of Topliss-reactive ketones (excluding diaryl/α,β-unsaturated/α-hetero) is 1.